The monoisotopic (exact) mass is 642 g/mol. The van der Waals surface area contributed by atoms with Gasteiger partial charge in [-0.15, -0.1) is 0 Å². The van der Waals surface area contributed by atoms with Crippen molar-refractivity contribution < 1.29 is 32.2 Å². The van der Waals surface area contributed by atoms with Gasteiger partial charge in [0.2, 0.25) is 5.91 Å². The number of fused-ring (bicyclic) bond motifs is 3. The Balaban J connectivity index is 1.06. The van der Waals surface area contributed by atoms with E-state index in [2.05, 4.69) is 10.6 Å². The molecule has 0 radical (unpaired) electrons. The molecule has 0 spiro atoms. The van der Waals surface area contributed by atoms with Crippen molar-refractivity contribution in [3.05, 3.63) is 119 Å². The third kappa shape index (κ3) is 6.96. The Morgan fingerprint density at radius 1 is 0.787 bits per heavy atom. The Morgan fingerprint density at radius 2 is 1.36 bits per heavy atom. The minimum atomic E-state index is -4.52. The van der Waals surface area contributed by atoms with E-state index < -0.39 is 30.3 Å². The van der Waals surface area contributed by atoms with Crippen LogP contribution < -0.4 is 10.6 Å². The highest BCUT2D eigenvalue weighted by Gasteiger charge is 2.49. The number of hydrogen-bond acceptors (Lipinski definition) is 4. The second-order valence-corrected chi connectivity index (χ2v) is 12.2. The number of halogens is 3. The van der Waals surface area contributed by atoms with E-state index in [9.17, 15) is 22.8 Å². The number of benzene rings is 4. The molecule has 4 aromatic rings. The zero-order chi connectivity index (χ0) is 33.0. The molecule has 4 aromatic carbocycles. The molecule has 0 bridgehead atoms. The Labute approximate surface area is 272 Å². The molecular formula is C38H37F3N2O4. The summed E-state index contributed by atoms with van der Waals surface area (Å²) < 4.78 is 51.3. The molecule has 1 aliphatic heterocycles. The van der Waals surface area contributed by atoms with Crippen LogP contribution in [0, 0.1) is 6.92 Å². The number of carbonyl (C=O) groups is 2. The molecule has 47 heavy (non-hydrogen) atoms. The summed E-state index contributed by atoms with van der Waals surface area (Å²) in [5.41, 5.74) is 5.43. The minimum absolute atomic E-state index is 0.206. The largest absolute Gasteiger partial charge is 0.405 e. The first kappa shape index (κ1) is 32.5. The molecule has 1 aliphatic carbocycles. The van der Waals surface area contributed by atoms with Gasteiger partial charge in [-0.25, -0.2) is 0 Å². The Hall–Kier alpha value is -4.47. The van der Waals surface area contributed by atoms with E-state index in [1.165, 1.54) is 0 Å². The van der Waals surface area contributed by atoms with Crippen LogP contribution in [0.15, 0.2) is 97.1 Å². The maximum absolute atomic E-state index is 13.7. The molecule has 1 saturated heterocycles. The van der Waals surface area contributed by atoms with E-state index >= 15 is 0 Å². The zero-order valence-electron chi connectivity index (χ0n) is 26.1. The van der Waals surface area contributed by atoms with E-state index in [0.29, 0.717) is 42.4 Å². The fourth-order valence-electron chi connectivity index (χ4n) is 6.71. The number of hydrogen-bond donors (Lipinski definition) is 2. The first-order chi connectivity index (χ1) is 22.7. The van der Waals surface area contributed by atoms with Gasteiger partial charge in [-0.1, -0.05) is 103 Å². The zero-order valence-corrected chi connectivity index (χ0v) is 26.1. The molecule has 0 atom stereocenters. The molecule has 1 fully saturated rings. The molecule has 6 nitrogen and oxygen atoms in total. The van der Waals surface area contributed by atoms with Gasteiger partial charge in [0.25, 0.3) is 5.91 Å². The highest BCUT2D eigenvalue weighted by Crippen LogP contribution is 2.51. The molecule has 0 aromatic heterocycles. The number of unbranched alkanes of at least 4 members (excludes halogenated alkanes) is 1. The van der Waals surface area contributed by atoms with Gasteiger partial charge < -0.3 is 20.1 Å². The summed E-state index contributed by atoms with van der Waals surface area (Å²) in [5, 5.41) is 5.20. The number of ether oxygens (including phenoxy) is 2. The average Bonchev–Trinajstić information content (AvgIpc) is 3.37. The Bertz CT molecular complexity index is 1680. The topological polar surface area (TPSA) is 76.7 Å². The van der Waals surface area contributed by atoms with Crippen LogP contribution in [0.5, 0.6) is 0 Å². The van der Waals surface area contributed by atoms with E-state index in [1.807, 2.05) is 97.9 Å². The lowest BCUT2D eigenvalue weighted by Gasteiger charge is -2.32. The SMILES string of the molecule is Cc1ccc(-c2ccccc2C(=O)NC2COC(CCCCC3(C(=O)NCC(F)(F)F)c4ccccc4-c4ccccc43)OC2)cc1. The molecule has 0 saturated carbocycles. The summed E-state index contributed by atoms with van der Waals surface area (Å²) in [6.07, 6.45) is -2.95. The molecule has 1 heterocycles. The second kappa shape index (κ2) is 13.7. The van der Waals surface area contributed by atoms with Gasteiger partial charge in [0.1, 0.15) is 12.0 Å². The lowest BCUT2D eigenvalue weighted by Crippen LogP contribution is -2.47. The number of rotatable bonds is 10. The second-order valence-electron chi connectivity index (χ2n) is 12.2. The third-order valence-electron chi connectivity index (χ3n) is 8.98. The third-order valence-corrected chi connectivity index (χ3v) is 8.98. The molecule has 0 unspecified atom stereocenters. The molecule has 244 valence electrons. The van der Waals surface area contributed by atoms with Crippen LogP contribution in [0.2, 0.25) is 0 Å². The first-order valence-electron chi connectivity index (χ1n) is 15.9. The fraction of sp³-hybridized carbons (Fsp3) is 0.316. The van der Waals surface area contributed by atoms with Gasteiger partial charge in [0.05, 0.1) is 19.3 Å². The van der Waals surface area contributed by atoms with E-state index in [-0.39, 0.29) is 25.2 Å². The van der Waals surface area contributed by atoms with E-state index in [0.717, 1.165) is 27.8 Å². The van der Waals surface area contributed by atoms with E-state index in [1.54, 1.807) is 6.07 Å². The van der Waals surface area contributed by atoms with Crippen molar-refractivity contribution >= 4 is 11.8 Å². The summed E-state index contributed by atoms with van der Waals surface area (Å²) in [5.74, 6) is -0.858. The van der Waals surface area contributed by atoms with Crippen molar-refractivity contribution in [1.82, 2.24) is 10.6 Å². The van der Waals surface area contributed by atoms with Gasteiger partial charge in [0.15, 0.2) is 6.29 Å². The lowest BCUT2D eigenvalue weighted by molar-refractivity contribution is -0.191. The smallest absolute Gasteiger partial charge is 0.350 e. The standard InChI is InChI=1S/C38H37F3N2O4/c1-25-17-19-26(20-18-25)28-10-2-3-13-31(28)35(44)43-27-22-46-34(47-23-27)16-8-9-21-37(36(45)42-24-38(39,40)41)32-14-6-4-11-29(32)30-12-5-7-15-33(30)37/h2-7,10-15,17-20,27,34H,8-9,16,21-24H2,1H3,(H,42,45)(H,43,44). The van der Waals surface area contributed by atoms with Crippen molar-refractivity contribution in [2.45, 2.75) is 56.5 Å². The number of carbonyl (C=O) groups excluding carboxylic acids is 2. The highest BCUT2D eigenvalue weighted by atomic mass is 19.4. The predicted octanol–water partition coefficient (Wildman–Crippen LogP) is 7.34. The van der Waals surface area contributed by atoms with Crippen LogP contribution in [-0.4, -0.2) is 50.1 Å². The molecule has 2 aliphatic rings. The van der Waals surface area contributed by atoms with Gasteiger partial charge in [-0.2, -0.15) is 13.2 Å². The fourth-order valence-corrected chi connectivity index (χ4v) is 6.71. The van der Waals surface area contributed by atoms with Crippen molar-refractivity contribution in [2.75, 3.05) is 19.8 Å². The average molecular weight is 643 g/mol. The molecular weight excluding hydrogens is 605 g/mol. The number of nitrogens with one attached hydrogen (secondary N) is 2. The molecule has 6 rings (SSSR count). The number of aryl methyl sites for hydroxylation is 1. The van der Waals surface area contributed by atoms with Gasteiger partial charge in [-0.3, -0.25) is 9.59 Å². The number of amides is 2. The Morgan fingerprint density at radius 3 is 1.98 bits per heavy atom. The van der Waals surface area contributed by atoms with Gasteiger partial charge in [-0.05, 0) is 65.6 Å². The quantitative estimate of drug-likeness (QED) is 0.178. The van der Waals surface area contributed by atoms with Crippen LogP contribution in [0.25, 0.3) is 22.3 Å². The summed E-state index contributed by atoms with van der Waals surface area (Å²) >= 11 is 0. The van der Waals surface area contributed by atoms with E-state index in [4.69, 9.17) is 9.47 Å². The minimum Gasteiger partial charge on any atom is -0.350 e. The summed E-state index contributed by atoms with van der Waals surface area (Å²) in [6.45, 7) is 1.20. The number of alkyl halides is 3. The maximum Gasteiger partial charge on any atom is 0.405 e. The van der Waals surface area contributed by atoms with Crippen molar-refractivity contribution in [3.8, 4) is 22.3 Å². The van der Waals surface area contributed by atoms with Crippen molar-refractivity contribution in [3.63, 3.8) is 0 Å². The van der Waals surface area contributed by atoms with Crippen molar-refractivity contribution in [1.29, 1.82) is 0 Å². The highest BCUT2D eigenvalue weighted by molar-refractivity contribution is 6.01. The molecule has 2 amide bonds. The van der Waals surface area contributed by atoms with Crippen LogP contribution in [0.3, 0.4) is 0 Å². The summed E-state index contributed by atoms with van der Waals surface area (Å²) in [6, 6.07) is 30.0. The van der Waals surface area contributed by atoms with Crippen molar-refractivity contribution in [2.24, 2.45) is 0 Å². The van der Waals surface area contributed by atoms with Crippen LogP contribution in [-0.2, 0) is 19.7 Å². The van der Waals surface area contributed by atoms with Gasteiger partial charge >= 0.3 is 6.18 Å². The first-order valence-corrected chi connectivity index (χ1v) is 15.9. The van der Waals surface area contributed by atoms with Crippen LogP contribution >= 0.6 is 0 Å². The maximum atomic E-state index is 13.7. The normalized spacial score (nSPS) is 18.2. The lowest BCUT2D eigenvalue weighted by atomic mass is 9.73. The van der Waals surface area contributed by atoms with Gasteiger partial charge in [0, 0.05) is 5.56 Å². The predicted molar refractivity (Wildman–Crippen MR) is 174 cm³/mol. The summed E-state index contributed by atoms with van der Waals surface area (Å²) in [4.78, 5) is 26.9. The van der Waals surface area contributed by atoms with Crippen LogP contribution in [0.4, 0.5) is 13.2 Å². The molecule has 2 N–H and O–H groups in total. The summed E-state index contributed by atoms with van der Waals surface area (Å²) in [7, 11) is 0. The Kier molecular flexibility index (Phi) is 9.47. The molecule has 9 heteroatoms. The van der Waals surface area contributed by atoms with Crippen LogP contribution in [0.1, 0.15) is 52.7 Å².